The first-order chi connectivity index (χ1) is 8.72. The van der Waals surface area contributed by atoms with E-state index in [-0.39, 0.29) is 5.97 Å². The van der Waals surface area contributed by atoms with Crippen LogP contribution in [0.5, 0.6) is 0 Å². The number of benzene rings is 1. The highest BCUT2D eigenvalue weighted by Crippen LogP contribution is 2.25. The lowest BCUT2D eigenvalue weighted by Crippen LogP contribution is -2.06. The summed E-state index contributed by atoms with van der Waals surface area (Å²) in [6.07, 6.45) is 1.68. The number of halogens is 1. The quantitative estimate of drug-likeness (QED) is 0.793. The maximum atomic E-state index is 11.9. The molecule has 0 unspecified atom stereocenters. The summed E-state index contributed by atoms with van der Waals surface area (Å²) in [5, 5.41) is 0.498. The van der Waals surface area contributed by atoms with Crippen LogP contribution in [0.1, 0.15) is 17.3 Å². The number of carbonyl (C=O) groups excluding carboxylic acids is 1. The largest absolute Gasteiger partial charge is 0.462 e. The number of carbonyl (C=O) groups is 1. The zero-order valence-electron chi connectivity index (χ0n) is 9.89. The van der Waals surface area contributed by atoms with Crippen LogP contribution >= 0.6 is 11.6 Å². The molecule has 0 saturated carbocycles. The average Bonchev–Trinajstić information content (AvgIpc) is 2.40. The molecule has 1 aromatic carbocycles. The van der Waals surface area contributed by atoms with Gasteiger partial charge in [-0.25, -0.2) is 4.79 Å². The van der Waals surface area contributed by atoms with Crippen LogP contribution in [0.25, 0.3) is 11.3 Å². The minimum absolute atomic E-state index is 0.326. The van der Waals surface area contributed by atoms with E-state index >= 15 is 0 Å². The molecule has 0 spiro atoms. The molecule has 1 heterocycles. The van der Waals surface area contributed by atoms with E-state index in [1.54, 1.807) is 31.3 Å². The van der Waals surface area contributed by atoms with Gasteiger partial charge in [-0.05, 0) is 31.2 Å². The molecule has 3 nitrogen and oxygen atoms in total. The summed E-state index contributed by atoms with van der Waals surface area (Å²) in [4.78, 5) is 16.1. The van der Waals surface area contributed by atoms with E-state index in [4.69, 9.17) is 16.3 Å². The summed E-state index contributed by atoms with van der Waals surface area (Å²) >= 11 is 5.92. The Morgan fingerprint density at radius 1 is 1.33 bits per heavy atom. The first-order valence-electron chi connectivity index (χ1n) is 5.60. The van der Waals surface area contributed by atoms with Gasteiger partial charge in [0, 0.05) is 16.8 Å². The Balaban J connectivity index is 2.51. The van der Waals surface area contributed by atoms with Gasteiger partial charge in [0.2, 0.25) is 0 Å². The second-order valence-corrected chi connectivity index (χ2v) is 4.06. The van der Waals surface area contributed by atoms with Crippen molar-refractivity contribution in [2.24, 2.45) is 0 Å². The molecule has 4 heteroatoms. The summed E-state index contributed by atoms with van der Waals surface area (Å²) < 4.78 is 5.02. The van der Waals surface area contributed by atoms with Crippen LogP contribution < -0.4 is 0 Å². The monoisotopic (exact) mass is 261 g/mol. The van der Waals surface area contributed by atoms with Crippen LogP contribution in [-0.2, 0) is 4.74 Å². The molecule has 0 bridgehead atoms. The van der Waals surface area contributed by atoms with E-state index in [0.29, 0.717) is 17.2 Å². The second kappa shape index (κ2) is 5.65. The Morgan fingerprint density at radius 2 is 2.17 bits per heavy atom. The number of aromatic nitrogens is 1. The number of pyridine rings is 1. The maximum Gasteiger partial charge on any atom is 0.338 e. The molecule has 0 aliphatic heterocycles. The summed E-state index contributed by atoms with van der Waals surface area (Å²) in [5.74, 6) is -0.388. The van der Waals surface area contributed by atoms with Crippen molar-refractivity contribution in [2.75, 3.05) is 6.61 Å². The number of rotatable bonds is 3. The molecular weight excluding hydrogens is 250 g/mol. The van der Waals surface area contributed by atoms with Crippen molar-refractivity contribution in [3.05, 3.63) is 53.2 Å². The Bertz CT molecular complexity index is 555. The molecule has 0 N–H and O–H groups in total. The fourth-order valence-electron chi connectivity index (χ4n) is 1.64. The number of ether oxygens (including phenoxy) is 1. The van der Waals surface area contributed by atoms with Crippen molar-refractivity contribution in [1.82, 2.24) is 4.98 Å². The highest BCUT2D eigenvalue weighted by atomic mass is 35.5. The third kappa shape index (κ3) is 2.68. The van der Waals surface area contributed by atoms with E-state index in [9.17, 15) is 4.79 Å². The normalized spacial score (nSPS) is 10.1. The lowest BCUT2D eigenvalue weighted by Gasteiger charge is -2.08. The molecule has 0 saturated heterocycles. The SMILES string of the molecule is CCOC(=O)c1cc(Cl)ccc1-c1ccccn1. The topological polar surface area (TPSA) is 39.2 Å². The zero-order chi connectivity index (χ0) is 13.0. The predicted molar refractivity (Wildman–Crippen MR) is 70.6 cm³/mol. The first kappa shape index (κ1) is 12.6. The van der Waals surface area contributed by atoms with Crippen LogP contribution in [0, 0.1) is 0 Å². The maximum absolute atomic E-state index is 11.9. The Morgan fingerprint density at radius 3 is 2.83 bits per heavy atom. The van der Waals surface area contributed by atoms with Gasteiger partial charge in [0.1, 0.15) is 0 Å². The van der Waals surface area contributed by atoms with Gasteiger partial charge < -0.3 is 4.74 Å². The van der Waals surface area contributed by atoms with Crippen LogP contribution in [0.3, 0.4) is 0 Å². The molecule has 92 valence electrons. The molecule has 0 aliphatic carbocycles. The fourth-order valence-corrected chi connectivity index (χ4v) is 1.81. The Labute approximate surface area is 110 Å². The van der Waals surface area contributed by atoms with Gasteiger partial charge in [-0.3, -0.25) is 4.98 Å². The van der Waals surface area contributed by atoms with Crippen molar-refractivity contribution < 1.29 is 9.53 Å². The summed E-state index contributed by atoms with van der Waals surface area (Å²) in [6, 6.07) is 10.6. The summed E-state index contributed by atoms with van der Waals surface area (Å²) in [5.41, 5.74) is 1.87. The van der Waals surface area contributed by atoms with Gasteiger partial charge in [-0.15, -0.1) is 0 Å². The highest BCUT2D eigenvalue weighted by Gasteiger charge is 2.15. The van der Waals surface area contributed by atoms with Gasteiger partial charge in [0.15, 0.2) is 0 Å². The lowest BCUT2D eigenvalue weighted by molar-refractivity contribution is 0.0527. The van der Waals surface area contributed by atoms with Crippen LogP contribution in [-0.4, -0.2) is 17.6 Å². The third-order valence-corrected chi connectivity index (χ3v) is 2.65. The molecule has 0 radical (unpaired) electrons. The molecule has 0 fully saturated rings. The highest BCUT2D eigenvalue weighted by molar-refractivity contribution is 6.31. The minimum Gasteiger partial charge on any atom is -0.462 e. The van der Waals surface area contributed by atoms with Crippen molar-refractivity contribution in [1.29, 1.82) is 0 Å². The fraction of sp³-hybridized carbons (Fsp3) is 0.143. The van der Waals surface area contributed by atoms with E-state index < -0.39 is 0 Å². The van der Waals surface area contributed by atoms with Crippen molar-refractivity contribution in [2.45, 2.75) is 6.92 Å². The first-order valence-corrected chi connectivity index (χ1v) is 5.98. The second-order valence-electron chi connectivity index (χ2n) is 3.63. The molecule has 0 aliphatic rings. The smallest absolute Gasteiger partial charge is 0.338 e. The van der Waals surface area contributed by atoms with Crippen molar-refractivity contribution in [3.8, 4) is 11.3 Å². The molecule has 1 aromatic heterocycles. The molecule has 2 aromatic rings. The van der Waals surface area contributed by atoms with Gasteiger partial charge >= 0.3 is 5.97 Å². The number of nitrogens with zero attached hydrogens (tertiary/aromatic N) is 1. The third-order valence-electron chi connectivity index (χ3n) is 2.42. The van der Waals surface area contributed by atoms with E-state index in [1.165, 1.54) is 0 Å². The van der Waals surface area contributed by atoms with Crippen LogP contribution in [0.15, 0.2) is 42.6 Å². The van der Waals surface area contributed by atoms with E-state index in [2.05, 4.69) is 4.98 Å². The Hall–Kier alpha value is -1.87. The number of esters is 1. The molecule has 0 atom stereocenters. The minimum atomic E-state index is -0.388. The molecule has 2 rings (SSSR count). The van der Waals surface area contributed by atoms with Crippen molar-refractivity contribution >= 4 is 17.6 Å². The molecule has 0 amide bonds. The van der Waals surface area contributed by atoms with Gasteiger partial charge in [0.25, 0.3) is 0 Å². The summed E-state index contributed by atoms with van der Waals surface area (Å²) in [6.45, 7) is 2.09. The van der Waals surface area contributed by atoms with Crippen LogP contribution in [0.2, 0.25) is 5.02 Å². The van der Waals surface area contributed by atoms with Gasteiger partial charge in [0.05, 0.1) is 17.9 Å². The van der Waals surface area contributed by atoms with E-state index in [0.717, 1.165) is 11.3 Å². The zero-order valence-corrected chi connectivity index (χ0v) is 10.6. The average molecular weight is 262 g/mol. The van der Waals surface area contributed by atoms with Gasteiger partial charge in [-0.1, -0.05) is 23.7 Å². The van der Waals surface area contributed by atoms with Crippen molar-refractivity contribution in [3.63, 3.8) is 0 Å². The predicted octanol–water partition coefficient (Wildman–Crippen LogP) is 3.58. The number of hydrogen-bond acceptors (Lipinski definition) is 3. The Kier molecular flexibility index (Phi) is 3.95. The lowest BCUT2D eigenvalue weighted by atomic mass is 10.0. The van der Waals surface area contributed by atoms with Crippen LogP contribution in [0.4, 0.5) is 0 Å². The number of hydrogen-bond donors (Lipinski definition) is 0. The molecular formula is C14H12ClNO2. The standard InChI is InChI=1S/C14H12ClNO2/c1-2-18-14(17)12-9-10(15)6-7-11(12)13-5-3-4-8-16-13/h3-9H,2H2,1H3. The van der Waals surface area contributed by atoms with Gasteiger partial charge in [-0.2, -0.15) is 0 Å². The molecule has 18 heavy (non-hydrogen) atoms. The summed E-state index contributed by atoms with van der Waals surface area (Å²) in [7, 11) is 0. The van der Waals surface area contributed by atoms with E-state index in [1.807, 2.05) is 18.2 Å².